The lowest BCUT2D eigenvalue weighted by molar-refractivity contribution is 0.413. The number of nitrogens with one attached hydrogen (secondary N) is 1. The van der Waals surface area contributed by atoms with Crippen molar-refractivity contribution in [2.45, 2.75) is 6.92 Å². The minimum absolute atomic E-state index is 0.491. The molecule has 0 amide bonds. The van der Waals surface area contributed by atoms with Crippen molar-refractivity contribution >= 4 is 11.6 Å². The Morgan fingerprint density at radius 2 is 2.19 bits per heavy atom. The molecule has 0 atom stereocenters. The molecule has 1 N–H and O–H groups in total. The van der Waals surface area contributed by atoms with Crippen LogP contribution in [0.1, 0.15) is 5.69 Å². The second-order valence-corrected chi connectivity index (χ2v) is 4.44. The first kappa shape index (κ1) is 13.1. The van der Waals surface area contributed by atoms with Crippen molar-refractivity contribution in [3.05, 3.63) is 54.9 Å². The van der Waals surface area contributed by atoms with E-state index >= 15 is 0 Å². The molecule has 1 radical (unpaired) electrons. The van der Waals surface area contributed by atoms with Crippen LogP contribution < -0.4 is 10.1 Å². The summed E-state index contributed by atoms with van der Waals surface area (Å²) in [6, 6.07) is 7.43. The van der Waals surface area contributed by atoms with Gasteiger partial charge in [-0.3, -0.25) is 0 Å². The number of anilines is 2. The molecule has 0 saturated carbocycles. The molecule has 6 nitrogen and oxygen atoms in total. The Hall–Kier alpha value is -2.89. The number of benzene rings is 1. The summed E-state index contributed by atoms with van der Waals surface area (Å²) in [6.07, 6.45) is 8.07. The van der Waals surface area contributed by atoms with Crippen molar-refractivity contribution in [3.63, 3.8) is 0 Å². The molecule has 0 aliphatic carbocycles. The molecular formula is C15H14N5O. The summed E-state index contributed by atoms with van der Waals surface area (Å²) in [6.45, 7) is 1.95. The Labute approximate surface area is 122 Å². The lowest BCUT2D eigenvalue weighted by Crippen LogP contribution is -1.99. The average molecular weight is 280 g/mol. The van der Waals surface area contributed by atoms with Crippen LogP contribution in [0.5, 0.6) is 5.75 Å². The summed E-state index contributed by atoms with van der Waals surface area (Å²) in [4.78, 5) is 12.3. The van der Waals surface area contributed by atoms with Gasteiger partial charge in [-0.15, -0.1) is 0 Å². The van der Waals surface area contributed by atoms with E-state index in [-0.39, 0.29) is 0 Å². The van der Waals surface area contributed by atoms with Crippen LogP contribution in [-0.4, -0.2) is 26.6 Å². The Morgan fingerprint density at radius 1 is 1.29 bits per heavy atom. The predicted molar refractivity (Wildman–Crippen MR) is 79.0 cm³/mol. The molecule has 0 aliphatic rings. The topological polar surface area (TPSA) is 64.9 Å². The summed E-state index contributed by atoms with van der Waals surface area (Å²) in [5, 5.41) is 3.10. The fourth-order valence-corrected chi connectivity index (χ4v) is 1.98. The van der Waals surface area contributed by atoms with Crippen LogP contribution in [0, 0.1) is 13.1 Å². The van der Waals surface area contributed by atoms with Gasteiger partial charge in [0.25, 0.3) is 0 Å². The highest BCUT2D eigenvalue weighted by Gasteiger charge is 2.08. The van der Waals surface area contributed by atoms with E-state index in [9.17, 15) is 0 Å². The third kappa shape index (κ3) is 2.84. The Balaban J connectivity index is 1.92. The van der Waals surface area contributed by atoms with E-state index in [1.807, 2.05) is 35.9 Å². The molecule has 2 aromatic heterocycles. The zero-order valence-corrected chi connectivity index (χ0v) is 11.7. The third-order valence-electron chi connectivity index (χ3n) is 2.94. The molecule has 105 valence electrons. The molecule has 0 unspecified atom stereocenters. The SMILES string of the molecule is COc1cc(Nc2n[c]ccn2)ccc1-n1cnc(C)c1. The highest BCUT2D eigenvalue weighted by atomic mass is 16.5. The first-order valence-corrected chi connectivity index (χ1v) is 6.41. The van der Waals surface area contributed by atoms with Crippen LogP contribution in [0.3, 0.4) is 0 Å². The van der Waals surface area contributed by atoms with Crippen LogP contribution >= 0.6 is 0 Å². The van der Waals surface area contributed by atoms with Gasteiger partial charge in [0, 0.05) is 24.1 Å². The number of hydrogen-bond donors (Lipinski definition) is 1. The fraction of sp³-hybridized carbons (Fsp3) is 0.133. The summed E-state index contributed by atoms with van der Waals surface area (Å²) < 4.78 is 7.37. The van der Waals surface area contributed by atoms with Gasteiger partial charge in [0.1, 0.15) is 5.75 Å². The molecule has 0 saturated heterocycles. The van der Waals surface area contributed by atoms with Crippen LogP contribution in [0.25, 0.3) is 5.69 Å². The molecule has 3 aromatic rings. The number of nitrogens with zero attached hydrogens (tertiary/aromatic N) is 4. The maximum atomic E-state index is 5.45. The maximum Gasteiger partial charge on any atom is 0.227 e. The number of methoxy groups -OCH3 is 1. The molecule has 0 spiro atoms. The van der Waals surface area contributed by atoms with E-state index in [1.165, 1.54) is 0 Å². The van der Waals surface area contributed by atoms with E-state index in [0.717, 1.165) is 22.8 Å². The predicted octanol–water partition coefficient (Wildman–Crippen LogP) is 2.52. The molecule has 2 heterocycles. The third-order valence-corrected chi connectivity index (χ3v) is 2.94. The van der Waals surface area contributed by atoms with E-state index in [2.05, 4.69) is 26.5 Å². The average Bonchev–Trinajstić information content (AvgIpc) is 2.94. The van der Waals surface area contributed by atoms with E-state index in [1.54, 1.807) is 25.7 Å². The highest BCUT2D eigenvalue weighted by molar-refractivity contribution is 5.61. The van der Waals surface area contributed by atoms with Crippen molar-refractivity contribution in [1.82, 2.24) is 19.5 Å². The summed E-state index contributed by atoms with van der Waals surface area (Å²) >= 11 is 0. The zero-order valence-electron chi connectivity index (χ0n) is 11.7. The summed E-state index contributed by atoms with van der Waals surface area (Å²) in [7, 11) is 1.64. The Bertz CT molecular complexity index is 739. The highest BCUT2D eigenvalue weighted by Crippen LogP contribution is 2.27. The fourth-order valence-electron chi connectivity index (χ4n) is 1.98. The van der Waals surface area contributed by atoms with Gasteiger partial charge in [-0.1, -0.05) is 0 Å². The van der Waals surface area contributed by atoms with Crippen molar-refractivity contribution in [2.24, 2.45) is 0 Å². The Kier molecular flexibility index (Phi) is 3.51. The summed E-state index contributed by atoms with van der Waals surface area (Å²) in [5.74, 6) is 1.23. The largest absolute Gasteiger partial charge is 0.494 e. The zero-order chi connectivity index (χ0) is 14.7. The monoisotopic (exact) mass is 280 g/mol. The maximum absolute atomic E-state index is 5.45. The normalized spacial score (nSPS) is 10.4. The molecule has 21 heavy (non-hydrogen) atoms. The van der Waals surface area contributed by atoms with Crippen molar-refractivity contribution < 1.29 is 4.74 Å². The number of imidazole rings is 1. The number of aromatic nitrogens is 4. The van der Waals surface area contributed by atoms with Gasteiger partial charge < -0.3 is 14.6 Å². The molecule has 6 heteroatoms. The first-order chi connectivity index (χ1) is 10.3. The number of aryl methyl sites for hydroxylation is 1. The van der Waals surface area contributed by atoms with Gasteiger partial charge >= 0.3 is 0 Å². The van der Waals surface area contributed by atoms with Gasteiger partial charge in [-0.05, 0) is 25.1 Å². The molecule has 0 bridgehead atoms. The smallest absolute Gasteiger partial charge is 0.227 e. The summed E-state index contributed by atoms with van der Waals surface area (Å²) in [5.41, 5.74) is 2.71. The van der Waals surface area contributed by atoms with Crippen molar-refractivity contribution in [3.8, 4) is 11.4 Å². The molecule has 1 aromatic carbocycles. The van der Waals surface area contributed by atoms with Crippen LogP contribution in [-0.2, 0) is 0 Å². The molecule has 3 rings (SSSR count). The molecular weight excluding hydrogens is 266 g/mol. The van der Waals surface area contributed by atoms with Crippen LogP contribution in [0.4, 0.5) is 11.6 Å². The van der Waals surface area contributed by atoms with Gasteiger partial charge in [0.2, 0.25) is 5.95 Å². The Morgan fingerprint density at radius 3 is 2.86 bits per heavy atom. The second-order valence-electron chi connectivity index (χ2n) is 4.44. The minimum Gasteiger partial charge on any atom is -0.494 e. The van der Waals surface area contributed by atoms with E-state index in [0.29, 0.717) is 5.95 Å². The standard InChI is InChI=1S/C15H14N5O/c1-11-9-20(10-18-11)13-5-4-12(8-14(13)21-2)19-15-16-6-3-7-17-15/h3-6,8-10H,1-2H3,(H,16,17,19). The number of hydrogen-bond acceptors (Lipinski definition) is 5. The van der Waals surface area contributed by atoms with Gasteiger partial charge in [0.15, 0.2) is 0 Å². The van der Waals surface area contributed by atoms with Gasteiger partial charge in [-0.25, -0.2) is 15.0 Å². The second kappa shape index (κ2) is 5.62. The number of ether oxygens (including phenoxy) is 1. The number of rotatable bonds is 4. The van der Waals surface area contributed by atoms with Crippen molar-refractivity contribution in [1.29, 1.82) is 0 Å². The van der Waals surface area contributed by atoms with Crippen LogP contribution in [0.2, 0.25) is 0 Å². The molecule has 0 aliphatic heterocycles. The lowest BCUT2D eigenvalue weighted by atomic mass is 10.2. The molecule has 0 fully saturated rings. The van der Waals surface area contributed by atoms with E-state index in [4.69, 9.17) is 4.74 Å². The van der Waals surface area contributed by atoms with Crippen LogP contribution in [0.15, 0.2) is 43.0 Å². The quantitative estimate of drug-likeness (QED) is 0.795. The lowest BCUT2D eigenvalue weighted by Gasteiger charge is -2.11. The van der Waals surface area contributed by atoms with E-state index < -0.39 is 0 Å². The minimum atomic E-state index is 0.491. The van der Waals surface area contributed by atoms with Gasteiger partial charge in [0.05, 0.1) is 31.0 Å². The van der Waals surface area contributed by atoms with Crippen molar-refractivity contribution in [2.75, 3.05) is 12.4 Å². The van der Waals surface area contributed by atoms with Gasteiger partial charge in [-0.2, -0.15) is 0 Å². The first-order valence-electron chi connectivity index (χ1n) is 6.41.